The molecule has 25 heavy (non-hydrogen) atoms. The topological polar surface area (TPSA) is 64.6 Å². The summed E-state index contributed by atoms with van der Waals surface area (Å²) in [5.41, 5.74) is 1.15. The molecule has 1 N–H and O–H groups in total. The largest absolute Gasteiger partial charge is 0.486 e. The van der Waals surface area contributed by atoms with Crippen molar-refractivity contribution in [3.8, 4) is 11.5 Å². The number of halogens is 1. The number of anilines is 1. The fraction of sp³-hybridized carbons (Fsp3) is 0.263. The first-order valence-corrected chi connectivity index (χ1v) is 8.50. The average Bonchev–Trinajstić information content (AvgIpc) is 2.61. The van der Waals surface area contributed by atoms with Crippen molar-refractivity contribution in [2.24, 2.45) is 0 Å². The van der Waals surface area contributed by atoms with Crippen LogP contribution < -0.4 is 14.8 Å². The molecule has 0 aliphatic carbocycles. The van der Waals surface area contributed by atoms with E-state index in [1.54, 1.807) is 36.4 Å². The quantitative estimate of drug-likeness (QED) is 0.806. The molecule has 2 aromatic rings. The van der Waals surface area contributed by atoms with E-state index in [-0.39, 0.29) is 11.7 Å². The number of Topliss-reactive ketones (excluding diaryl/α,β-unsaturated/α-hetero) is 1. The van der Waals surface area contributed by atoms with Crippen LogP contribution >= 0.6 is 11.6 Å². The van der Waals surface area contributed by atoms with Gasteiger partial charge in [-0.05, 0) is 24.6 Å². The summed E-state index contributed by atoms with van der Waals surface area (Å²) in [5, 5.41) is 3.12. The van der Waals surface area contributed by atoms with Crippen LogP contribution in [0.2, 0.25) is 5.02 Å². The van der Waals surface area contributed by atoms with Crippen LogP contribution in [0.1, 0.15) is 40.5 Å². The van der Waals surface area contributed by atoms with Gasteiger partial charge in [0.05, 0.1) is 16.3 Å². The Kier molecular flexibility index (Phi) is 5.24. The lowest BCUT2D eigenvalue weighted by atomic mass is 10.0. The maximum absolute atomic E-state index is 12.6. The highest BCUT2D eigenvalue weighted by molar-refractivity contribution is 6.34. The van der Waals surface area contributed by atoms with Gasteiger partial charge < -0.3 is 14.8 Å². The van der Waals surface area contributed by atoms with Crippen molar-refractivity contribution >= 4 is 29.0 Å². The first kappa shape index (κ1) is 17.3. The average molecular weight is 360 g/mol. The van der Waals surface area contributed by atoms with Gasteiger partial charge in [-0.2, -0.15) is 0 Å². The Morgan fingerprint density at radius 1 is 1.08 bits per heavy atom. The minimum Gasteiger partial charge on any atom is -0.486 e. The standard InChI is InChI=1S/C19H18ClNO4/c1-2-5-16(22)13-10-17-18(25-9-8-24-17)11-15(13)21-19(23)12-6-3-4-7-14(12)20/h3-4,6-7,10-11H,2,5,8-9H2,1H3,(H,21,23). The van der Waals surface area contributed by atoms with Crippen molar-refractivity contribution in [3.63, 3.8) is 0 Å². The molecule has 0 atom stereocenters. The smallest absolute Gasteiger partial charge is 0.257 e. The van der Waals surface area contributed by atoms with Gasteiger partial charge >= 0.3 is 0 Å². The summed E-state index contributed by atoms with van der Waals surface area (Å²) in [4.78, 5) is 25.0. The maximum atomic E-state index is 12.6. The number of ketones is 1. The van der Waals surface area contributed by atoms with Crippen molar-refractivity contribution in [2.75, 3.05) is 18.5 Å². The van der Waals surface area contributed by atoms with Crippen molar-refractivity contribution in [1.29, 1.82) is 0 Å². The molecule has 0 bridgehead atoms. The molecule has 6 heteroatoms. The third kappa shape index (κ3) is 3.77. The van der Waals surface area contributed by atoms with Crippen LogP contribution in [0.25, 0.3) is 0 Å². The minimum atomic E-state index is -0.382. The van der Waals surface area contributed by atoms with Gasteiger partial charge in [-0.15, -0.1) is 0 Å². The highest BCUT2D eigenvalue weighted by Crippen LogP contribution is 2.36. The second-order valence-electron chi connectivity index (χ2n) is 5.65. The molecule has 0 radical (unpaired) electrons. The molecular formula is C19H18ClNO4. The van der Waals surface area contributed by atoms with Crippen molar-refractivity contribution in [1.82, 2.24) is 0 Å². The van der Waals surface area contributed by atoms with Crippen LogP contribution in [0.5, 0.6) is 11.5 Å². The number of hydrogen-bond acceptors (Lipinski definition) is 4. The van der Waals surface area contributed by atoms with E-state index in [0.29, 0.717) is 59.4 Å². The molecule has 1 aliphatic rings. The van der Waals surface area contributed by atoms with Crippen molar-refractivity contribution < 1.29 is 19.1 Å². The maximum Gasteiger partial charge on any atom is 0.257 e. The van der Waals surface area contributed by atoms with Crippen LogP contribution in [0.3, 0.4) is 0 Å². The van der Waals surface area contributed by atoms with Gasteiger partial charge in [0.25, 0.3) is 5.91 Å². The first-order valence-electron chi connectivity index (χ1n) is 8.13. The lowest BCUT2D eigenvalue weighted by molar-refractivity contribution is 0.0981. The van der Waals surface area contributed by atoms with E-state index in [2.05, 4.69) is 5.32 Å². The Balaban J connectivity index is 1.97. The zero-order chi connectivity index (χ0) is 17.8. The van der Waals surface area contributed by atoms with E-state index in [9.17, 15) is 9.59 Å². The number of amides is 1. The molecule has 5 nitrogen and oxygen atoms in total. The first-order chi connectivity index (χ1) is 12.1. The lowest BCUT2D eigenvalue weighted by Gasteiger charge is -2.21. The summed E-state index contributed by atoms with van der Waals surface area (Å²) in [6.45, 7) is 2.78. The van der Waals surface area contributed by atoms with Crippen LogP contribution in [0.4, 0.5) is 5.69 Å². The molecule has 3 rings (SSSR count). The molecule has 0 unspecified atom stereocenters. The van der Waals surface area contributed by atoms with Crippen molar-refractivity contribution in [2.45, 2.75) is 19.8 Å². The van der Waals surface area contributed by atoms with Gasteiger partial charge in [0.1, 0.15) is 13.2 Å². The van der Waals surface area contributed by atoms with E-state index < -0.39 is 0 Å². The molecular weight excluding hydrogens is 342 g/mol. The molecule has 0 spiro atoms. The summed E-state index contributed by atoms with van der Waals surface area (Å²) in [6.07, 6.45) is 1.10. The van der Waals surface area contributed by atoms with Crippen LogP contribution in [0.15, 0.2) is 36.4 Å². The summed E-state index contributed by atoms with van der Waals surface area (Å²) < 4.78 is 11.1. The Hall–Kier alpha value is -2.53. The van der Waals surface area contributed by atoms with Gasteiger partial charge in [-0.25, -0.2) is 0 Å². The minimum absolute atomic E-state index is 0.0612. The summed E-state index contributed by atoms with van der Waals surface area (Å²) >= 11 is 6.08. The SMILES string of the molecule is CCCC(=O)c1cc2c(cc1NC(=O)c1ccccc1Cl)OCCO2. The Morgan fingerprint density at radius 3 is 2.44 bits per heavy atom. The monoisotopic (exact) mass is 359 g/mol. The van der Waals surface area contributed by atoms with E-state index in [1.165, 1.54) is 0 Å². The van der Waals surface area contributed by atoms with Crippen molar-refractivity contribution in [3.05, 3.63) is 52.5 Å². The van der Waals surface area contributed by atoms with E-state index in [0.717, 1.165) is 0 Å². The highest BCUT2D eigenvalue weighted by Gasteiger charge is 2.21. The Labute approximate surface area is 150 Å². The molecule has 0 fully saturated rings. The van der Waals surface area contributed by atoms with Gasteiger partial charge in [-0.1, -0.05) is 30.7 Å². The molecule has 1 amide bonds. The molecule has 1 heterocycles. The Bertz CT molecular complexity index is 819. The second kappa shape index (κ2) is 7.57. The number of hydrogen-bond donors (Lipinski definition) is 1. The number of nitrogens with one attached hydrogen (secondary N) is 1. The third-order valence-electron chi connectivity index (χ3n) is 3.83. The normalized spacial score (nSPS) is 12.6. The van der Waals surface area contributed by atoms with Gasteiger partial charge in [0.15, 0.2) is 17.3 Å². The second-order valence-corrected chi connectivity index (χ2v) is 6.06. The number of fused-ring (bicyclic) bond motifs is 1. The van der Waals surface area contributed by atoms with E-state index in [4.69, 9.17) is 21.1 Å². The molecule has 0 saturated heterocycles. The molecule has 2 aromatic carbocycles. The fourth-order valence-corrected chi connectivity index (χ4v) is 2.84. The summed E-state index contributed by atoms with van der Waals surface area (Å²) in [5.74, 6) is 0.581. The lowest BCUT2D eigenvalue weighted by Crippen LogP contribution is -2.19. The zero-order valence-corrected chi connectivity index (χ0v) is 14.6. The predicted molar refractivity (Wildman–Crippen MR) is 96.1 cm³/mol. The number of carbonyl (C=O) groups excluding carboxylic acids is 2. The number of carbonyl (C=O) groups is 2. The Morgan fingerprint density at radius 2 is 1.76 bits per heavy atom. The number of rotatable bonds is 5. The third-order valence-corrected chi connectivity index (χ3v) is 4.16. The van der Waals surface area contributed by atoms with Gasteiger partial charge in [0, 0.05) is 18.1 Å². The predicted octanol–water partition coefficient (Wildman–Crippen LogP) is 4.35. The number of ether oxygens (including phenoxy) is 2. The molecule has 0 saturated carbocycles. The van der Waals surface area contributed by atoms with Crippen LogP contribution in [-0.2, 0) is 0 Å². The number of benzene rings is 2. The van der Waals surface area contributed by atoms with Gasteiger partial charge in [0.2, 0.25) is 0 Å². The van der Waals surface area contributed by atoms with E-state index in [1.807, 2.05) is 6.92 Å². The van der Waals surface area contributed by atoms with Crippen LogP contribution in [-0.4, -0.2) is 24.9 Å². The molecule has 130 valence electrons. The summed E-state index contributed by atoms with van der Waals surface area (Å²) in [7, 11) is 0. The fourth-order valence-electron chi connectivity index (χ4n) is 2.62. The molecule has 1 aliphatic heterocycles. The highest BCUT2D eigenvalue weighted by atomic mass is 35.5. The summed E-state index contributed by atoms with van der Waals surface area (Å²) in [6, 6.07) is 10.0. The zero-order valence-electron chi connectivity index (χ0n) is 13.8. The van der Waals surface area contributed by atoms with Gasteiger partial charge in [-0.3, -0.25) is 9.59 Å². The van der Waals surface area contributed by atoms with Crippen LogP contribution in [0, 0.1) is 0 Å². The molecule has 0 aromatic heterocycles. The van der Waals surface area contributed by atoms with E-state index >= 15 is 0 Å².